The summed E-state index contributed by atoms with van der Waals surface area (Å²) in [5.41, 5.74) is 4.23. The molecule has 0 aromatic rings. The van der Waals surface area contributed by atoms with Crippen LogP contribution in [0.25, 0.3) is 0 Å². The molecule has 1 aliphatic carbocycles. The van der Waals surface area contributed by atoms with E-state index in [4.69, 9.17) is 5.73 Å². The number of rotatable bonds is 3. The van der Waals surface area contributed by atoms with E-state index in [9.17, 15) is 9.50 Å². The van der Waals surface area contributed by atoms with Gasteiger partial charge in [-0.3, -0.25) is 0 Å². The summed E-state index contributed by atoms with van der Waals surface area (Å²) in [6.07, 6.45) is -0.281. The van der Waals surface area contributed by atoms with E-state index in [1.165, 1.54) is 0 Å². The molecule has 0 heterocycles. The first-order chi connectivity index (χ1) is 5.99. The number of nitrogens with one attached hydrogen (secondary N) is 1. The Kier molecular flexibility index (Phi) is 3.27. The molecular weight excluding hydrogens is 171 g/mol. The zero-order valence-electron chi connectivity index (χ0n) is 8.26. The molecule has 0 bridgehead atoms. The van der Waals surface area contributed by atoms with Gasteiger partial charge in [-0.15, -0.1) is 0 Å². The predicted octanol–water partition coefficient (Wildman–Crippen LogP) is 0.175. The molecule has 0 saturated heterocycles. The van der Waals surface area contributed by atoms with Crippen LogP contribution in [-0.4, -0.2) is 35.5 Å². The number of hydrogen-bond donors (Lipinski definition) is 3. The standard InChI is InChI=1S/C9H19FN2O/c1-3-12-6(2)9(10)4-7(11)8(13)5-9/h6-8,12-13H,3-5,11H2,1-2H3/t6-,7-,8+,9+/m1/s1. The van der Waals surface area contributed by atoms with E-state index in [1.54, 1.807) is 6.92 Å². The molecule has 0 amide bonds. The van der Waals surface area contributed by atoms with Crippen LogP contribution in [0.15, 0.2) is 0 Å². The summed E-state index contributed by atoms with van der Waals surface area (Å²) < 4.78 is 14.1. The van der Waals surface area contributed by atoms with Crippen LogP contribution in [0, 0.1) is 0 Å². The second kappa shape index (κ2) is 3.90. The quantitative estimate of drug-likeness (QED) is 0.595. The van der Waals surface area contributed by atoms with Gasteiger partial charge in [-0.2, -0.15) is 0 Å². The lowest BCUT2D eigenvalue weighted by molar-refractivity contribution is 0.0926. The Labute approximate surface area is 78.5 Å². The summed E-state index contributed by atoms with van der Waals surface area (Å²) in [7, 11) is 0. The van der Waals surface area contributed by atoms with E-state index in [2.05, 4.69) is 5.32 Å². The van der Waals surface area contributed by atoms with E-state index in [1.807, 2.05) is 6.92 Å². The lowest BCUT2D eigenvalue weighted by atomic mass is 9.95. The molecule has 1 rings (SSSR count). The maximum Gasteiger partial charge on any atom is 0.130 e. The molecule has 1 aliphatic rings. The van der Waals surface area contributed by atoms with Gasteiger partial charge in [-0.1, -0.05) is 6.92 Å². The van der Waals surface area contributed by atoms with Crippen molar-refractivity contribution in [1.82, 2.24) is 5.32 Å². The Morgan fingerprint density at radius 1 is 1.69 bits per heavy atom. The Hall–Kier alpha value is -0.190. The van der Waals surface area contributed by atoms with Gasteiger partial charge in [0.05, 0.1) is 6.10 Å². The van der Waals surface area contributed by atoms with E-state index >= 15 is 0 Å². The SMILES string of the molecule is CCN[C@H](C)[C@]1(F)C[C@@H](N)[C@@H](O)C1. The van der Waals surface area contributed by atoms with Crippen LogP contribution < -0.4 is 11.1 Å². The molecule has 0 aromatic heterocycles. The third-order valence-corrected chi connectivity index (χ3v) is 2.90. The van der Waals surface area contributed by atoms with Crippen LogP contribution in [0.2, 0.25) is 0 Å². The second-order valence-electron chi connectivity index (χ2n) is 3.95. The zero-order valence-corrected chi connectivity index (χ0v) is 8.26. The molecule has 4 heteroatoms. The highest BCUT2D eigenvalue weighted by atomic mass is 19.1. The van der Waals surface area contributed by atoms with Crippen LogP contribution in [0.3, 0.4) is 0 Å². The minimum Gasteiger partial charge on any atom is -0.391 e. The molecule has 3 nitrogen and oxygen atoms in total. The molecule has 0 spiro atoms. The van der Waals surface area contributed by atoms with Gasteiger partial charge >= 0.3 is 0 Å². The summed E-state index contributed by atoms with van der Waals surface area (Å²) in [5, 5.41) is 12.4. The van der Waals surface area contributed by atoms with Crippen molar-refractivity contribution in [2.24, 2.45) is 5.73 Å². The van der Waals surface area contributed by atoms with Gasteiger partial charge < -0.3 is 16.2 Å². The Bertz CT molecular complexity index is 167. The smallest absolute Gasteiger partial charge is 0.130 e. The third kappa shape index (κ3) is 2.18. The Morgan fingerprint density at radius 3 is 2.69 bits per heavy atom. The Balaban J connectivity index is 2.57. The van der Waals surface area contributed by atoms with Crippen molar-refractivity contribution in [1.29, 1.82) is 0 Å². The van der Waals surface area contributed by atoms with Gasteiger partial charge in [0, 0.05) is 24.9 Å². The maximum absolute atomic E-state index is 14.1. The molecule has 0 aliphatic heterocycles. The van der Waals surface area contributed by atoms with Gasteiger partial charge in [0.15, 0.2) is 0 Å². The Morgan fingerprint density at radius 2 is 2.31 bits per heavy atom. The van der Waals surface area contributed by atoms with Crippen LogP contribution in [0.5, 0.6) is 0 Å². The van der Waals surface area contributed by atoms with Gasteiger partial charge in [-0.25, -0.2) is 4.39 Å². The van der Waals surface area contributed by atoms with Crippen molar-refractivity contribution in [3.63, 3.8) is 0 Å². The summed E-state index contributed by atoms with van der Waals surface area (Å²) >= 11 is 0. The largest absolute Gasteiger partial charge is 0.391 e. The molecule has 1 fully saturated rings. The van der Waals surface area contributed by atoms with Gasteiger partial charge in [0.25, 0.3) is 0 Å². The number of alkyl halides is 1. The number of nitrogens with two attached hydrogens (primary N) is 1. The van der Waals surface area contributed by atoms with Crippen molar-refractivity contribution in [2.75, 3.05) is 6.54 Å². The number of aliphatic hydroxyl groups is 1. The van der Waals surface area contributed by atoms with Crippen molar-refractivity contribution >= 4 is 0 Å². The lowest BCUT2D eigenvalue weighted by Gasteiger charge is -2.27. The lowest BCUT2D eigenvalue weighted by Crippen LogP contribution is -2.44. The third-order valence-electron chi connectivity index (χ3n) is 2.90. The van der Waals surface area contributed by atoms with E-state index < -0.39 is 17.8 Å². The topological polar surface area (TPSA) is 58.3 Å². The molecule has 0 unspecified atom stereocenters. The van der Waals surface area contributed by atoms with Crippen molar-refractivity contribution in [3.8, 4) is 0 Å². The van der Waals surface area contributed by atoms with Crippen LogP contribution in [0.1, 0.15) is 26.7 Å². The van der Waals surface area contributed by atoms with E-state index in [-0.39, 0.29) is 18.9 Å². The first-order valence-electron chi connectivity index (χ1n) is 4.85. The van der Waals surface area contributed by atoms with Crippen LogP contribution in [0.4, 0.5) is 4.39 Å². The molecule has 13 heavy (non-hydrogen) atoms. The predicted molar refractivity (Wildman–Crippen MR) is 50.2 cm³/mol. The minimum absolute atomic E-state index is 0.155. The highest BCUT2D eigenvalue weighted by Gasteiger charge is 2.47. The highest BCUT2D eigenvalue weighted by Crippen LogP contribution is 2.35. The number of hydrogen-bond acceptors (Lipinski definition) is 3. The summed E-state index contributed by atoms with van der Waals surface area (Å²) in [6.45, 7) is 4.47. The first kappa shape index (κ1) is 10.9. The second-order valence-corrected chi connectivity index (χ2v) is 3.95. The van der Waals surface area contributed by atoms with Crippen molar-refractivity contribution in [2.45, 2.75) is 50.5 Å². The van der Waals surface area contributed by atoms with Crippen molar-refractivity contribution in [3.05, 3.63) is 0 Å². The van der Waals surface area contributed by atoms with Crippen molar-refractivity contribution < 1.29 is 9.50 Å². The summed E-state index contributed by atoms with van der Waals surface area (Å²) in [5.74, 6) is 0. The van der Waals surface area contributed by atoms with E-state index in [0.29, 0.717) is 0 Å². The molecular formula is C9H19FN2O. The van der Waals surface area contributed by atoms with Crippen LogP contribution in [-0.2, 0) is 0 Å². The number of halogens is 1. The first-order valence-corrected chi connectivity index (χ1v) is 4.85. The average molecular weight is 190 g/mol. The average Bonchev–Trinajstić information content (AvgIpc) is 2.28. The summed E-state index contributed by atoms with van der Waals surface area (Å²) in [4.78, 5) is 0. The maximum atomic E-state index is 14.1. The fraction of sp³-hybridized carbons (Fsp3) is 1.00. The molecule has 0 aromatic carbocycles. The molecule has 1 saturated carbocycles. The van der Waals surface area contributed by atoms with Gasteiger partial charge in [-0.05, 0) is 13.5 Å². The zero-order chi connectivity index (χ0) is 10.1. The van der Waals surface area contributed by atoms with E-state index in [0.717, 1.165) is 6.54 Å². The fourth-order valence-electron chi connectivity index (χ4n) is 1.95. The molecule has 4 N–H and O–H groups in total. The highest BCUT2D eigenvalue weighted by molar-refractivity contribution is 5.02. The van der Waals surface area contributed by atoms with Crippen LogP contribution >= 0.6 is 0 Å². The normalized spacial score (nSPS) is 42.2. The monoisotopic (exact) mass is 190 g/mol. The van der Waals surface area contributed by atoms with Gasteiger partial charge in [0.2, 0.25) is 0 Å². The summed E-state index contributed by atoms with van der Waals surface area (Å²) in [6, 6.07) is -0.646. The fourth-order valence-corrected chi connectivity index (χ4v) is 1.95. The molecule has 78 valence electrons. The molecule has 0 radical (unpaired) electrons. The minimum atomic E-state index is -1.34. The molecule has 4 atom stereocenters. The van der Waals surface area contributed by atoms with Gasteiger partial charge in [0.1, 0.15) is 5.67 Å². The number of aliphatic hydroxyl groups excluding tert-OH is 1.